The van der Waals surface area contributed by atoms with Crippen molar-refractivity contribution in [3.63, 3.8) is 0 Å². The second-order valence-electron chi connectivity index (χ2n) is 13.6. The lowest BCUT2D eigenvalue weighted by Crippen LogP contribution is -2.46. The molecule has 0 spiro atoms. The summed E-state index contributed by atoms with van der Waals surface area (Å²) in [4.78, 5) is 24.7. The number of aliphatic carboxylic acids is 1. The second-order valence-corrected chi connectivity index (χ2v) is 13.6. The first kappa shape index (κ1) is 29.2. The van der Waals surface area contributed by atoms with Crippen LogP contribution in [0.3, 0.4) is 0 Å². The summed E-state index contributed by atoms with van der Waals surface area (Å²) >= 11 is 0. The Morgan fingerprint density at radius 2 is 1.76 bits per heavy atom. The first-order chi connectivity index (χ1) is 19.4. The van der Waals surface area contributed by atoms with Gasteiger partial charge in [0.2, 0.25) is 0 Å². The topological polar surface area (TPSA) is 89.2 Å². The SMILES string of the molecule is Cc1c(C(=O)NC2CC(C(=O)O)C2)cc(-c2ccc(-c3ccnn3C(C)C)c(C(C)(C)C)c2)n1CC1CCCCC1. The zero-order chi connectivity index (χ0) is 29.5. The average Bonchev–Trinajstić information content (AvgIpc) is 3.51. The maximum absolute atomic E-state index is 13.5. The number of amides is 1. The van der Waals surface area contributed by atoms with Gasteiger partial charge in [0.05, 0.1) is 17.2 Å². The van der Waals surface area contributed by atoms with Crippen molar-refractivity contribution < 1.29 is 14.7 Å². The van der Waals surface area contributed by atoms with Gasteiger partial charge < -0.3 is 15.0 Å². The number of nitrogens with one attached hydrogen (secondary N) is 1. The summed E-state index contributed by atoms with van der Waals surface area (Å²) in [5, 5.41) is 17.0. The maximum Gasteiger partial charge on any atom is 0.306 e. The molecular weight excluding hydrogens is 512 g/mol. The van der Waals surface area contributed by atoms with E-state index in [2.05, 4.69) is 91.5 Å². The van der Waals surface area contributed by atoms with E-state index in [9.17, 15) is 14.7 Å². The average molecular weight is 559 g/mol. The van der Waals surface area contributed by atoms with Crippen LogP contribution in [0.2, 0.25) is 0 Å². The molecule has 7 nitrogen and oxygen atoms in total. The number of rotatable bonds is 8. The summed E-state index contributed by atoms with van der Waals surface area (Å²) in [6.07, 6.45) is 9.17. The van der Waals surface area contributed by atoms with E-state index in [1.54, 1.807) is 0 Å². The van der Waals surface area contributed by atoms with Crippen LogP contribution in [0.5, 0.6) is 0 Å². The van der Waals surface area contributed by atoms with E-state index in [0.717, 1.165) is 29.2 Å². The standard InChI is InChI=1S/C34H46N4O3/c1-21(2)38-30(14-15-35-38)27-13-12-24(18-29(27)34(4,5)6)31-19-28(32(39)36-26-16-25(17-26)33(40)41)22(3)37(31)20-23-10-8-7-9-11-23/h12-15,18-19,21,23,25-26H,7-11,16-17,20H2,1-6H3,(H,36,39)(H,40,41). The highest BCUT2D eigenvalue weighted by Gasteiger charge is 2.36. The fourth-order valence-electron chi connectivity index (χ4n) is 6.66. The van der Waals surface area contributed by atoms with Crippen molar-refractivity contribution in [2.24, 2.45) is 11.8 Å². The van der Waals surface area contributed by atoms with Gasteiger partial charge in [0.15, 0.2) is 0 Å². The molecule has 2 N–H and O–H groups in total. The van der Waals surface area contributed by atoms with Crippen LogP contribution >= 0.6 is 0 Å². The van der Waals surface area contributed by atoms with Crippen LogP contribution < -0.4 is 5.32 Å². The Bertz CT molecular complexity index is 1410. The quantitative estimate of drug-likeness (QED) is 0.302. The minimum absolute atomic E-state index is 0.0780. The Kier molecular flexibility index (Phi) is 8.18. The van der Waals surface area contributed by atoms with Crippen molar-refractivity contribution in [1.82, 2.24) is 19.7 Å². The van der Waals surface area contributed by atoms with Crippen molar-refractivity contribution in [3.8, 4) is 22.5 Å². The molecule has 0 aliphatic heterocycles. The largest absolute Gasteiger partial charge is 0.481 e. The number of hydrogen-bond donors (Lipinski definition) is 2. The lowest BCUT2D eigenvalue weighted by Gasteiger charge is -2.32. The monoisotopic (exact) mass is 558 g/mol. The van der Waals surface area contributed by atoms with E-state index in [-0.39, 0.29) is 29.3 Å². The molecule has 7 heteroatoms. The Balaban J connectivity index is 1.55. The Morgan fingerprint density at radius 3 is 2.39 bits per heavy atom. The zero-order valence-electron chi connectivity index (χ0n) is 25.5. The van der Waals surface area contributed by atoms with Crippen LogP contribution in [-0.2, 0) is 16.8 Å². The van der Waals surface area contributed by atoms with Crippen LogP contribution in [0.1, 0.15) is 107 Å². The van der Waals surface area contributed by atoms with Crippen LogP contribution in [-0.4, -0.2) is 37.4 Å². The third-order valence-electron chi connectivity index (χ3n) is 9.16. The highest BCUT2D eigenvalue weighted by Crippen LogP contribution is 2.39. The second kappa shape index (κ2) is 11.5. The van der Waals surface area contributed by atoms with Crippen LogP contribution in [0.4, 0.5) is 0 Å². The number of benzene rings is 1. The number of aromatic nitrogens is 3. The summed E-state index contributed by atoms with van der Waals surface area (Å²) in [6, 6.07) is 11.1. The van der Waals surface area contributed by atoms with Crippen molar-refractivity contribution in [1.29, 1.82) is 0 Å². The molecule has 2 saturated carbocycles. The first-order valence-electron chi connectivity index (χ1n) is 15.4. The van der Waals surface area contributed by atoms with Gasteiger partial charge in [-0.05, 0) is 87.1 Å². The summed E-state index contributed by atoms with van der Waals surface area (Å²) in [5.74, 6) is -0.626. The summed E-state index contributed by atoms with van der Waals surface area (Å²) in [6.45, 7) is 14.0. The molecule has 2 aromatic heterocycles. The summed E-state index contributed by atoms with van der Waals surface area (Å²) in [7, 11) is 0. The van der Waals surface area contributed by atoms with Gasteiger partial charge in [-0.2, -0.15) is 5.10 Å². The molecule has 3 aromatic rings. The number of hydrogen-bond acceptors (Lipinski definition) is 3. The van der Waals surface area contributed by atoms with Gasteiger partial charge in [0, 0.05) is 41.8 Å². The fourth-order valence-corrected chi connectivity index (χ4v) is 6.66. The van der Waals surface area contributed by atoms with Gasteiger partial charge in [-0.3, -0.25) is 14.3 Å². The summed E-state index contributed by atoms with van der Waals surface area (Å²) < 4.78 is 4.45. The third-order valence-corrected chi connectivity index (χ3v) is 9.16. The number of carboxylic acids is 1. The van der Waals surface area contributed by atoms with Gasteiger partial charge >= 0.3 is 5.97 Å². The Morgan fingerprint density at radius 1 is 1.05 bits per heavy atom. The molecule has 2 fully saturated rings. The van der Waals surface area contributed by atoms with Crippen LogP contribution in [0.15, 0.2) is 36.5 Å². The van der Waals surface area contributed by atoms with E-state index in [0.29, 0.717) is 24.3 Å². The fraction of sp³-hybridized carbons (Fsp3) is 0.559. The highest BCUT2D eigenvalue weighted by molar-refractivity contribution is 5.97. The molecule has 2 aliphatic carbocycles. The number of carbonyl (C=O) groups is 2. The van der Waals surface area contributed by atoms with Crippen LogP contribution in [0, 0.1) is 18.8 Å². The number of carbonyl (C=O) groups excluding carboxylic acids is 1. The highest BCUT2D eigenvalue weighted by atomic mass is 16.4. The predicted octanol–water partition coefficient (Wildman–Crippen LogP) is 7.38. The third kappa shape index (κ3) is 6.00. The van der Waals surface area contributed by atoms with E-state index < -0.39 is 5.97 Å². The van der Waals surface area contributed by atoms with Crippen molar-refractivity contribution in [2.75, 3.05) is 0 Å². The molecule has 2 heterocycles. The molecule has 0 radical (unpaired) electrons. The van der Waals surface area contributed by atoms with E-state index in [4.69, 9.17) is 0 Å². The smallest absolute Gasteiger partial charge is 0.306 e. The molecular formula is C34H46N4O3. The maximum atomic E-state index is 13.5. The molecule has 0 atom stereocenters. The molecule has 0 saturated heterocycles. The molecule has 0 bridgehead atoms. The molecule has 1 aromatic carbocycles. The summed E-state index contributed by atoms with van der Waals surface area (Å²) in [5.41, 5.74) is 7.31. The van der Waals surface area contributed by atoms with Crippen molar-refractivity contribution in [3.05, 3.63) is 53.3 Å². The normalized spacial score (nSPS) is 19.8. The van der Waals surface area contributed by atoms with Gasteiger partial charge in [0.25, 0.3) is 5.91 Å². The predicted molar refractivity (Wildman–Crippen MR) is 163 cm³/mol. The lowest BCUT2D eigenvalue weighted by atomic mass is 9.80. The van der Waals surface area contributed by atoms with E-state index in [1.165, 1.54) is 43.2 Å². The van der Waals surface area contributed by atoms with Gasteiger partial charge in [0.1, 0.15) is 0 Å². The number of carboxylic acid groups (broad SMARTS) is 1. The first-order valence-corrected chi connectivity index (χ1v) is 15.4. The Labute approximate surface area is 244 Å². The van der Waals surface area contributed by atoms with Crippen molar-refractivity contribution in [2.45, 2.75) is 111 Å². The molecule has 41 heavy (non-hydrogen) atoms. The number of nitrogens with zero attached hydrogens (tertiary/aromatic N) is 3. The minimum atomic E-state index is -0.776. The minimum Gasteiger partial charge on any atom is -0.481 e. The van der Waals surface area contributed by atoms with Gasteiger partial charge in [-0.15, -0.1) is 0 Å². The molecule has 5 rings (SSSR count). The Hall–Kier alpha value is -3.35. The molecule has 2 aliphatic rings. The van der Waals surface area contributed by atoms with E-state index >= 15 is 0 Å². The van der Waals surface area contributed by atoms with Gasteiger partial charge in [-0.1, -0.05) is 52.2 Å². The van der Waals surface area contributed by atoms with Gasteiger partial charge in [-0.25, -0.2) is 0 Å². The van der Waals surface area contributed by atoms with Crippen LogP contribution in [0.25, 0.3) is 22.5 Å². The lowest BCUT2D eigenvalue weighted by molar-refractivity contribution is -0.145. The molecule has 220 valence electrons. The molecule has 0 unspecified atom stereocenters. The zero-order valence-corrected chi connectivity index (χ0v) is 25.5. The van der Waals surface area contributed by atoms with E-state index in [1.807, 2.05) is 6.20 Å². The molecule has 1 amide bonds. The van der Waals surface area contributed by atoms with Crippen molar-refractivity contribution >= 4 is 11.9 Å².